The summed E-state index contributed by atoms with van der Waals surface area (Å²) in [7, 11) is 2.08. The fraction of sp³-hybridized carbons (Fsp3) is 0.250. The number of fused-ring (bicyclic) bond motifs is 1. The number of thiophene rings is 1. The molecular weight excluding hydrogens is 335 g/mol. The average Bonchev–Trinajstić information content (AvgIpc) is 3.07. The second-order valence-electron chi connectivity index (χ2n) is 6.43. The van der Waals surface area contributed by atoms with Crippen molar-refractivity contribution in [3.8, 4) is 11.1 Å². The van der Waals surface area contributed by atoms with Gasteiger partial charge < -0.3 is 9.80 Å². The molecular formula is C20H19FN2OS. The minimum Gasteiger partial charge on any atom is -0.335 e. The molecule has 1 amide bonds. The maximum Gasteiger partial charge on any atom is 0.264 e. The van der Waals surface area contributed by atoms with E-state index in [1.807, 2.05) is 29.2 Å². The van der Waals surface area contributed by atoms with Crippen LogP contribution in [-0.2, 0) is 0 Å². The first kappa shape index (κ1) is 16.2. The zero-order chi connectivity index (χ0) is 17.4. The third kappa shape index (κ3) is 3.17. The van der Waals surface area contributed by atoms with Gasteiger partial charge in [-0.15, -0.1) is 11.3 Å². The van der Waals surface area contributed by atoms with Gasteiger partial charge in [0, 0.05) is 36.3 Å². The van der Waals surface area contributed by atoms with Crippen LogP contribution in [0.5, 0.6) is 0 Å². The predicted molar refractivity (Wildman–Crippen MR) is 101 cm³/mol. The molecule has 0 atom stereocenters. The standard InChI is InChI=1S/C20H19FN2OS/c1-22-9-11-23(12-10-22)20(24)19-13-17-16(3-2-4-18(17)25-19)14-5-7-15(21)8-6-14/h2-8,13H,9-12H2,1H3. The SMILES string of the molecule is CN1CCN(C(=O)c2cc3c(-c4ccc(F)cc4)cccc3s2)CC1. The van der Waals surface area contributed by atoms with E-state index in [-0.39, 0.29) is 11.7 Å². The number of nitrogens with zero attached hydrogens (tertiary/aromatic N) is 2. The van der Waals surface area contributed by atoms with Crippen molar-refractivity contribution in [3.63, 3.8) is 0 Å². The zero-order valence-corrected chi connectivity index (χ0v) is 14.9. The van der Waals surface area contributed by atoms with Crippen LogP contribution in [-0.4, -0.2) is 48.9 Å². The van der Waals surface area contributed by atoms with Gasteiger partial charge in [0.15, 0.2) is 0 Å². The molecule has 1 aliphatic rings. The van der Waals surface area contributed by atoms with Crippen molar-refractivity contribution in [1.29, 1.82) is 0 Å². The first-order chi connectivity index (χ1) is 12.1. The van der Waals surface area contributed by atoms with Crippen LogP contribution in [0.15, 0.2) is 48.5 Å². The highest BCUT2D eigenvalue weighted by Crippen LogP contribution is 2.34. The first-order valence-corrected chi connectivity index (χ1v) is 9.20. The van der Waals surface area contributed by atoms with Gasteiger partial charge in [-0.25, -0.2) is 4.39 Å². The number of halogens is 1. The number of amides is 1. The van der Waals surface area contributed by atoms with Gasteiger partial charge in [0.05, 0.1) is 4.88 Å². The number of likely N-dealkylation sites (N-methyl/N-ethyl adjacent to an activating group) is 1. The van der Waals surface area contributed by atoms with Crippen LogP contribution >= 0.6 is 11.3 Å². The maximum absolute atomic E-state index is 13.2. The van der Waals surface area contributed by atoms with Crippen LogP contribution in [0.25, 0.3) is 21.2 Å². The number of piperazine rings is 1. The van der Waals surface area contributed by atoms with E-state index in [0.717, 1.165) is 52.3 Å². The Hall–Kier alpha value is -2.24. The fourth-order valence-corrected chi connectivity index (χ4v) is 4.27. The summed E-state index contributed by atoms with van der Waals surface area (Å²) in [5, 5.41) is 1.05. The Kier molecular flexibility index (Phi) is 4.27. The zero-order valence-electron chi connectivity index (χ0n) is 14.0. The van der Waals surface area contributed by atoms with E-state index in [0.29, 0.717) is 0 Å². The van der Waals surface area contributed by atoms with Gasteiger partial charge in [0.2, 0.25) is 0 Å². The Morgan fingerprint density at radius 2 is 1.76 bits per heavy atom. The van der Waals surface area contributed by atoms with Crippen LogP contribution in [0.4, 0.5) is 4.39 Å². The molecule has 4 rings (SSSR count). The van der Waals surface area contributed by atoms with Gasteiger partial charge in [-0.05, 0) is 42.4 Å². The molecule has 2 heterocycles. The highest BCUT2D eigenvalue weighted by Gasteiger charge is 2.22. The van der Waals surface area contributed by atoms with Crippen molar-refractivity contribution >= 4 is 27.3 Å². The van der Waals surface area contributed by atoms with Crippen molar-refractivity contribution in [2.24, 2.45) is 0 Å². The van der Waals surface area contributed by atoms with Gasteiger partial charge in [0.25, 0.3) is 5.91 Å². The van der Waals surface area contributed by atoms with Crippen LogP contribution in [0.3, 0.4) is 0 Å². The second-order valence-corrected chi connectivity index (χ2v) is 7.51. The summed E-state index contributed by atoms with van der Waals surface area (Å²) in [5.74, 6) is -0.133. The van der Waals surface area contributed by atoms with Crippen molar-refractivity contribution < 1.29 is 9.18 Å². The number of hydrogen-bond donors (Lipinski definition) is 0. The number of carbonyl (C=O) groups excluding carboxylic acids is 1. The smallest absolute Gasteiger partial charge is 0.264 e. The fourth-order valence-electron chi connectivity index (χ4n) is 3.21. The summed E-state index contributed by atoms with van der Waals surface area (Å²) in [6.45, 7) is 3.37. The molecule has 2 aromatic carbocycles. The Labute approximate surface area is 150 Å². The highest BCUT2D eigenvalue weighted by atomic mass is 32.1. The summed E-state index contributed by atoms with van der Waals surface area (Å²) >= 11 is 1.53. The summed E-state index contributed by atoms with van der Waals surface area (Å²) < 4.78 is 14.3. The average molecular weight is 354 g/mol. The summed E-state index contributed by atoms with van der Waals surface area (Å²) in [4.78, 5) is 17.8. The lowest BCUT2D eigenvalue weighted by atomic mass is 10.0. The minimum atomic E-state index is -0.243. The molecule has 3 nitrogen and oxygen atoms in total. The number of benzene rings is 2. The third-order valence-corrected chi connectivity index (χ3v) is 5.81. The Morgan fingerprint density at radius 3 is 2.48 bits per heavy atom. The van der Waals surface area contributed by atoms with Gasteiger partial charge in [-0.2, -0.15) is 0 Å². The van der Waals surface area contributed by atoms with Crippen LogP contribution in [0.1, 0.15) is 9.67 Å². The van der Waals surface area contributed by atoms with E-state index in [4.69, 9.17) is 0 Å². The molecule has 1 saturated heterocycles. The van der Waals surface area contributed by atoms with E-state index in [9.17, 15) is 9.18 Å². The van der Waals surface area contributed by atoms with Crippen molar-refractivity contribution in [3.05, 3.63) is 59.2 Å². The molecule has 3 aromatic rings. The molecule has 25 heavy (non-hydrogen) atoms. The van der Waals surface area contributed by atoms with Crippen LogP contribution < -0.4 is 0 Å². The molecule has 0 aliphatic carbocycles. The summed E-state index contributed by atoms with van der Waals surface area (Å²) in [6, 6.07) is 14.5. The van der Waals surface area contributed by atoms with Crippen molar-refractivity contribution in [1.82, 2.24) is 9.80 Å². The van der Waals surface area contributed by atoms with E-state index >= 15 is 0 Å². The molecule has 0 saturated carbocycles. The van der Waals surface area contributed by atoms with Gasteiger partial charge >= 0.3 is 0 Å². The topological polar surface area (TPSA) is 23.6 Å². The second kappa shape index (κ2) is 6.58. The summed E-state index contributed by atoms with van der Waals surface area (Å²) in [6.07, 6.45) is 0. The molecule has 5 heteroatoms. The van der Waals surface area contributed by atoms with Crippen LogP contribution in [0, 0.1) is 5.82 Å². The van der Waals surface area contributed by atoms with Crippen molar-refractivity contribution in [2.75, 3.05) is 33.2 Å². The van der Waals surface area contributed by atoms with Crippen LogP contribution in [0.2, 0.25) is 0 Å². The molecule has 0 unspecified atom stereocenters. The predicted octanol–water partition coefficient (Wildman–Crippen LogP) is 4.10. The molecule has 1 aromatic heterocycles. The van der Waals surface area contributed by atoms with Gasteiger partial charge in [-0.3, -0.25) is 4.79 Å². The van der Waals surface area contributed by atoms with Gasteiger partial charge in [-0.1, -0.05) is 24.3 Å². The maximum atomic E-state index is 13.2. The molecule has 0 bridgehead atoms. The highest BCUT2D eigenvalue weighted by molar-refractivity contribution is 7.20. The van der Waals surface area contributed by atoms with Gasteiger partial charge in [0.1, 0.15) is 5.82 Å². The number of hydrogen-bond acceptors (Lipinski definition) is 3. The van der Waals surface area contributed by atoms with E-state index in [1.165, 1.54) is 23.5 Å². The minimum absolute atomic E-state index is 0.111. The molecule has 128 valence electrons. The van der Waals surface area contributed by atoms with E-state index in [2.05, 4.69) is 11.9 Å². The third-order valence-electron chi connectivity index (χ3n) is 4.72. The number of carbonyl (C=O) groups is 1. The van der Waals surface area contributed by atoms with E-state index in [1.54, 1.807) is 12.1 Å². The molecule has 1 aliphatic heterocycles. The normalized spacial score (nSPS) is 15.7. The Bertz CT molecular complexity index is 911. The molecule has 0 spiro atoms. The monoisotopic (exact) mass is 354 g/mol. The lowest BCUT2D eigenvalue weighted by Gasteiger charge is -2.32. The molecule has 0 radical (unpaired) electrons. The largest absolute Gasteiger partial charge is 0.335 e. The Balaban J connectivity index is 1.69. The quantitative estimate of drug-likeness (QED) is 0.692. The first-order valence-electron chi connectivity index (χ1n) is 8.38. The number of rotatable bonds is 2. The summed E-state index contributed by atoms with van der Waals surface area (Å²) in [5.41, 5.74) is 1.99. The Morgan fingerprint density at radius 1 is 1.04 bits per heavy atom. The molecule has 1 fully saturated rings. The van der Waals surface area contributed by atoms with E-state index < -0.39 is 0 Å². The van der Waals surface area contributed by atoms with Crippen molar-refractivity contribution in [2.45, 2.75) is 0 Å². The lowest BCUT2D eigenvalue weighted by molar-refractivity contribution is 0.0669. The molecule has 0 N–H and O–H groups in total. The lowest BCUT2D eigenvalue weighted by Crippen LogP contribution is -2.46.